The summed E-state index contributed by atoms with van der Waals surface area (Å²) >= 11 is 0. The molecule has 1 atom stereocenters. The first kappa shape index (κ1) is 23.8. The van der Waals surface area contributed by atoms with Gasteiger partial charge in [0.25, 0.3) is 0 Å². The van der Waals surface area contributed by atoms with Gasteiger partial charge in [-0.05, 0) is 49.2 Å². The normalized spacial score (nSPS) is 14.5. The number of allylic oxidation sites excluding steroid dienone is 1. The Bertz CT molecular complexity index is 1290. The standard InChI is InChI=1S/C26H28N4O5/c1-5-11-34-19-9-7-15(12-20(19)31-3)22-17(14-27)25(28)35-26-23(22)24(29-30-26)16-8-10-18(33-6-2)21(13-16)32-4/h7-10,12-13,22H,5-6,11,28H2,1-4H3,(H,29,30)/t22-/m1/s1. The lowest BCUT2D eigenvalue weighted by atomic mass is 9.83. The fraction of sp³-hybridized carbons (Fsp3) is 0.308. The Labute approximate surface area is 204 Å². The van der Waals surface area contributed by atoms with E-state index in [1.54, 1.807) is 14.2 Å². The Morgan fingerprint density at radius 2 is 1.74 bits per heavy atom. The van der Waals surface area contributed by atoms with Gasteiger partial charge in [-0.15, -0.1) is 5.10 Å². The third kappa shape index (κ3) is 4.43. The average molecular weight is 477 g/mol. The number of H-pyrrole nitrogens is 1. The number of ether oxygens (including phenoxy) is 5. The molecule has 0 fully saturated rings. The zero-order valence-corrected chi connectivity index (χ0v) is 20.2. The molecular formula is C26H28N4O5. The number of nitrogens with zero attached hydrogens (tertiary/aromatic N) is 2. The maximum Gasteiger partial charge on any atom is 0.244 e. The van der Waals surface area contributed by atoms with Gasteiger partial charge in [-0.1, -0.05) is 13.0 Å². The van der Waals surface area contributed by atoms with Gasteiger partial charge in [-0.3, -0.25) is 5.10 Å². The summed E-state index contributed by atoms with van der Waals surface area (Å²) in [4.78, 5) is 0. The number of nitrogens with one attached hydrogen (secondary N) is 1. The van der Waals surface area contributed by atoms with Gasteiger partial charge in [0.1, 0.15) is 11.6 Å². The Hall–Kier alpha value is -4.32. The number of nitrogens with two attached hydrogens (primary N) is 1. The predicted molar refractivity (Wildman–Crippen MR) is 130 cm³/mol. The number of benzene rings is 2. The zero-order chi connectivity index (χ0) is 24.9. The number of nitriles is 1. The fourth-order valence-electron chi connectivity index (χ4n) is 4.09. The van der Waals surface area contributed by atoms with Crippen LogP contribution in [0.3, 0.4) is 0 Å². The van der Waals surface area contributed by atoms with E-state index in [1.807, 2.05) is 50.2 Å². The van der Waals surface area contributed by atoms with Gasteiger partial charge in [0.2, 0.25) is 11.8 Å². The summed E-state index contributed by atoms with van der Waals surface area (Å²) in [6.07, 6.45) is 0.871. The number of rotatable bonds is 9. The van der Waals surface area contributed by atoms with E-state index in [0.29, 0.717) is 53.3 Å². The quantitative estimate of drug-likeness (QED) is 0.463. The van der Waals surface area contributed by atoms with Gasteiger partial charge in [0.15, 0.2) is 23.0 Å². The molecule has 0 amide bonds. The van der Waals surface area contributed by atoms with Crippen LogP contribution in [0.15, 0.2) is 47.9 Å². The second-order valence-electron chi connectivity index (χ2n) is 7.80. The van der Waals surface area contributed by atoms with E-state index < -0.39 is 5.92 Å². The lowest BCUT2D eigenvalue weighted by Crippen LogP contribution is -2.21. The molecule has 1 aromatic heterocycles. The summed E-state index contributed by atoms with van der Waals surface area (Å²) in [5.74, 6) is 2.18. The van der Waals surface area contributed by atoms with E-state index in [0.717, 1.165) is 17.5 Å². The van der Waals surface area contributed by atoms with Crippen LogP contribution in [0.2, 0.25) is 0 Å². The van der Waals surface area contributed by atoms with E-state index in [-0.39, 0.29) is 11.5 Å². The molecule has 0 aliphatic carbocycles. The molecule has 3 aromatic rings. The van der Waals surface area contributed by atoms with Crippen LogP contribution in [0.4, 0.5) is 0 Å². The minimum atomic E-state index is -0.538. The van der Waals surface area contributed by atoms with Crippen LogP contribution in [-0.2, 0) is 0 Å². The maximum atomic E-state index is 10.0. The largest absolute Gasteiger partial charge is 0.493 e. The van der Waals surface area contributed by atoms with Crippen LogP contribution < -0.4 is 29.4 Å². The highest BCUT2D eigenvalue weighted by molar-refractivity contribution is 5.73. The van der Waals surface area contributed by atoms with Crippen molar-refractivity contribution in [2.24, 2.45) is 5.73 Å². The molecule has 1 aliphatic rings. The molecule has 1 aliphatic heterocycles. The van der Waals surface area contributed by atoms with Gasteiger partial charge in [-0.2, -0.15) is 5.26 Å². The van der Waals surface area contributed by atoms with Crippen LogP contribution in [0, 0.1) is 11.3 Å². The molecule has 4 rings (SSSR count). The first-order valence-electron chi connectivity index (χ1n) is 11.3. The van der Waals surface area contributed by atoms with Crippen LogP contribution in [0.1, 0.15) is 37.3 Å². The first-order valence-corrected chi connectivity index (χ1v) is 11.3. The number of hydrogen-bond donors (Lipinski definition) is 2. The molecule has 2 aromatic carbocycles. The highest BCUT2D eigenvalue weighted by Gasteiger charge is 2.36. The molecule has 0 saturated carbocycles. The summed E-state index contributed by atoms with van der Waals surface area (Å²) < 4.78 is 28.3. The molecule has 9 nitrogen and oxygen atoms in total. The number of methoxy groups -OCH3 is 2. The number of fused-ring (bicyclic) bond motifs is 1. The van der Waals surface area contributed by atoms with Gasteiger partial charge in [0.05, 0.1) is 44.6 Å². The zero-order valence-electron chi connectivity index (χ0n) is 20.2. The van der Waals surface area contributed by atoms with Crippen molar-refractivity contribution in [3.63, 3.8) is 0 Å². The molecule has 0 spiro atoms. The lowest BCUT2D eigenvalue weighted by molar-refractivity contribution is 0.294. The van der Waals surface area contributed by atoms with Gasteiger partial charge < -0.3 is 29.4 Å². The van der Waals surface area contributed by atoms with Crippen molar-refractivity contribution in [3.05, 3.63) is 59.0 Å². The van der Waals surface area contributed by atoms with Crippen molar-refractivity contribution in [2.75, 3.05) is 27.4 Å². The summed E-state index contributed by atoms with van der Waals surface area (Å²) in [6, 6.07) is 13.4. The van der Waals surface area contributed by atoms with Crippen molar-refractivity contribution in [1.29, 1.82) is 5.26 Å². The van der Waals surface area contributed by atoms with Crippen LogP contribution in [0.25, 0.3) is 11.3 Å². The summed E-state index contributed by atoms with van der Waals surface area (Å²) in [7, 11) is 3.17. The number of aromatic amines is 1. The van der Waals surface area contributed by atoms with E-state index in [9.17, 15) is 5.26 Å². The van der Waals surface area contributed by atoms with Crippen molar-refractivity contribution in [1.82, 2.24) is 10.2 Å². The highest BCUT2D eigenvalue weighted by Crippen LogP contribution is 2.47. The van der Waals surface area contributed by atoms with E-state index in [2.05, 4.69) is 16.3 Å². The van der Waals surface area contributed by atoms with Crippen molar-refractivity contribution < 1.29 is 23.7 Å². The molecule has 0 bridgehead atoms. The summed E-state index contributed by atoms with van der Waals surface area (Å²) in [5.41, 5.74) is 9.36. The number of aromatic nitrogens is 2. The average Bonchev–Trinajstić information content (AvgIpc) is 3.30. The molecule has 0 radical (unpaired) electrons. The predicted octanol–water partition coefficient (Wildman–Crippen LogP) is 4.50. The van der Waals surface area contributed by atoms with Crippen molar-refractivity contribution in [2.45, 2.75) is 26.2 Å². The Balaban J connectivity index is 1.86. The van der Waals surface area contributed by atoms with Crippen LogP contribution in [0.5, 0.6) is 28.9 Å². The Morgan fingerprint density at radius 3 is 2.43 bits per heavy atom. The Morgan fingerprint density at radius 1 is 1.03 bits per heavy atom. The molecule has 0 unspecified atom stereocenters. The monoisotopic (exact) mass is 476 g/mol. The SMILES string of the molecule is CCCOc1ccc([C@@H]2C(C#N)=C(N)Oc3n[nH]c(-c4ccc(OCC)c(OC)c4)c32)cc1OC. The van der Waals surface area contributed by atoms with E-state index in [1.165, 1.54) is 0 Å². The topological polar surface area (TPSA) is 125 Å². The first-order chi connectivity index (χ1) is 17.1. The second kappa shape index (κ2) is 10.3. The third-order valence-electron chi connectivity index (χ3n) is 5.67. The Kier molecular flexibility index (Phi) is 7.01. The van der Waals surface area contributed by atoms with Crippen molar-refractivity contribution >= 4 is 0 Å². The van der Waals surface area contributed by atoms with Crippen LogP contribution >= 0.6 is 0 Å². The molecular weight excluding hydrogens is 448 g/mol. The molecule has 182 valence electrons. The van der Waals surface area contributed by atoms with Gasteiger partial charge in [0, 0.05) is 5.56 Å². The number of hydrogen-bond acceptors (Lipinski definition) is 8. The fourth-order valence-corrected chi connectivity index (χ4v) is 4.09. The highest BCUT2D eigenvalue weighted by atomic mass is 16.5. The van der Waals surface area contributed by atoms with Crippen molar-refractivity contribution in [3.8, 4) is 46.2 Å². The smallest absolute Gasteiger partial charge is 0.244 e. The minimum Gasteiger partial charge on any atom is -0.493 e. The maximum absolute atomic E-state index is 10.0. The molecule has 35 heavy (non-hydrogen) atoms. The summed E-state index contributed by atoms with van der Waals surface area (Å²) in [6.45, 7) is 5.03. The lowest BCUT2D eigenvalue weighted by Gasteiger charge is -2.25. The minimum absolute atomic E-state index is 0.0117. The van der Waals surface area contributed by atoms with E-state index in [4.69, 9.17) is 29.4 Å². The van der Waals surface area contributed by atoms with Gasteiger partial charge >= 0.3 is 0 Å². The van der Waals surface area contributed by atoms with E-state index >= 15 is 0 Å². The van der Waals surface area contributed by atoms with Crippen LogP contribution in [-0.4, -0.2) is 37.6 Å². The summed E-state index contributed by atoms with van der Waals surface area (Å²) in [5, 5.41) is 17.4. The molecule has 2 heterocycles. The molecule has 0 saturated heterocycles. The molecule has 3 N–H and O–H groups in total. The molecule has 9 heteroatoms. The third-order valence-corrected chi connectivity index (χ3v) is 5.67. The van der Waals surface area contributed by atoms with Gasteiger partial charge in [-0.25, -0.2) is 0 Å². The second-order valence-corrected chi connectivity index (χ2v) is 7.80.